The van der Waals surface area contributed by atoms with Crippen LogP contribution in [0.2, 0.25) is 0 Å². The van der Waals surface area contributed by atoms with Gasteiger partial charge in [-0.1, -0.05) is 56.7 Å². The third-order valence-corrected chi connectivity index (χ3v) is 7.08. The van der Waals surface area contributed by atoms with Crippen LogP contribution in [0, 0.1) is 5.92 Å². The first-order valence-corrected chi connectivity index (χ1v) is 12.9. The number of benzene rings is 1. The number of aliphatic hydroxyl groups is 1. The first-order chi connectivity index (χ1) is 16.7. The molecule has 1 aliphatic carbocycles. The molecule has 1 N–H and O–H groups in total. The van der Waals surface area contributed by atoms with Gasteiger partial charge in [0, 0.05) is 26.1 Å². The van der Waals surface area contributed by atoms with E-state index < -0.39 is 0 Å². The van der Waals surface area contributed by atoms with Gasteiger partial charge < -0.3 is 14.9 Å². The number of para-hydroxylation sites is 1. The summed E-state index contributed by atoms with van der Waals surface area (Å²) in [5, 5.41) is 10.7. The SMILES string of the molecule is O=C(CCCCON1C(=O)CN2Cc3ccccc3N=C21)N(CCO)CCCCC1CCCC1. The van der Waals surface area contributed by atoms with Crippen molar-refractivity contribution in [1.29, 1.82) is 0 Å². The highest BCUT2D eigenvalue weighted by molar-refractivity contribution is 6.04. The number of hydroxylamine groups is 2. The molecule has 2 amide bonds. The van der Waals surface area contributed by atoms with Crippen molar-refractivity contribution in [2.75, 3.05) is 32.8 Å². The zero-order valence-corrected chi connectivity index (χ0v) is 20.2. The topological polar surface area (TPSA) is 85.7 Å². The standard InChI is InChI=1S/C26H38N4O4/c31-17-16-28(15-7-5-11-21-9-1-2-10-21)24(32)14-6-8-18-34-30-25(33)20-29-19-22-12-3-4-13-23(22)27-26(29)30/h3-4,12-13,21,31H,1-2,5-11,14-20H2. The molecule has 2 aliphatic heterocycles. The number of amides is 2. The van der Waals surface area contributed by atoms with E-state index in [-0.39, 0.29) is 25.0 Å². The molecule has 8 heteroatoms. The van der Waals surface area contributed by atoms with Crippen molar-refractivity contribution in [3.63, 3.8) is 0 Å². The predicted molar refractivity (Wildman–Crippen MR) is 130 cm³/mol. The lowest BCUT2D eigenvalue weighted by Gasteiger charge is -2.25. The van der Waals surface area contributed by atoms with E-state index in [2.05, 4.69) is 4.99 Å². The van der Waals surface area contributed by atoms with E-state index in [1.165, 1.54) is 37.2 Å². The second-order valence-electron chi connectivity index (χ2n) is 9.63. The summed E-state index contributed by atoms with van der Waals surface area (Å²) in [6.07, 6.45) is 10.7. The van der Waals surface area contributed by atoms with Crippen LogP contribution in [0.25, 0.3) is 0 Å². The first-order valence-electron chi connectivity index (χ1n) is 12.9. The summed E-state index contributed by atoms with van der Waals surface area (Å²) >= 11 is 0. The number of aliphatic hydroxyl groups excluding tert-OH is 1. The molecule has 1 saturated heterocycles. The fourth-order valence-corrected chi connectivity index (χ4v) is 5.19. The van der Waals surface area contributed by atoms with Crippen molar-refractivity contribution in [2.45, 2.75) is 70.8 Å². The summed E-state index contributed by atoms with van der Waals surface area (Å²) in [4.78, 5) is 39.2. The molecule has 1 saturated carbocycles. The second kappa shape index (κ2) is 12.3. The van der Waals surface area contributed by atoms with Crippen LogP contribution in [0.3, 0.4) is 0 Å². The average Bonchev–Trinajstić information content (AvgIpc) is 3.46. The fourth-order valence-electron chi connectivity index (χ4n) is 5.19. The van der Waals surface area contributed by atoms with E-state index >= 15 is 0 Å². The number of aliphatic imine (C=N–C) groups is 1. The van der Waals surface area contributed by atoms with E-state index in [1.54, 1.807) is 4.90 Å². The summed E-state index contributed by atoms with van der Waals surface area (Å²) in [6.45, 7) is 2.39. The van der Waals surface area contributed by atoms with Gasteiger partial charge in [0.25, 0.3) is 5.91 Å². The van der Waals surface area contributed by atoms with Gasteiger partial charge in [0.15, 0.2) is 0 Å². The van der Waals surface area contributed by atoms with Crippen LogP contribution in [0.4, 0.5) is 5.69 Å². The fraction of sp³-hybridized carbons (Fsp3) is 0.654. The molecule has 0 unspecified atom stereocenters. The maximum atomic E-state index is 12.6. The molecule has 0 aromatic heterocycles. The summed E-state index contributed by atoms with van der Waals surface area (Å²) < 4.78 is 0. The molecule has 8 nitrogen and oxygen atoms in total. The molecular formula is C26H38N4O4. The van der Waals surface area contributed by atoms with E-state index in [1.807, 2.05) is 29.2 Å². The van der Waals surface area contributed by atoms with Gasteiger partial charge in [-0.25, -0.2) is 4.99 Å². The van der Waals surface area contributed by atoms with Gasteiger partial charge in [-0.15, -0.1) is 0 Å². The number of carbonyl (C=O) groups is 2. The van der Waals surface area contributed by atoms with E-state index in [0.717, 1.165) is 36.6 Å². The summed E-state index contributed by atoms with van der Waals surface area (Å²) in [5.41, 5.74) is 1.97. The number of hydrogen-bond donors (Lipinski definition) is 1. The highest BCUT2D eigenvalue weighted by Gasteiger charge is 2.37. The van der Waals surface area contributed by atoms with Crippen LogP contribution in [0.5, 0.6) is 0 Å². The third-order valence-electron chi connectivity index (χ3n) is 7.08. The number of carbonyl (C=O) groups excluding carboxylic acids is 2. The zero-order valence-electron chi connectivity index (χ0n) is 20.2. The zero-order chi connectivity index (χ0) is 23.8. The van der Waals surface area contributed by atoms with Crippen molar-refractivity contribution in [2.24, 2.45) is 10.9 Å². The molecular weight excluding hydrogens is 432 g/mol. The minimum absolute atomic E-state index is 0.00368. The number of unbranched alkanes of at least 4 members (excludes halogenated alkanes) is 2. The molecule has 3 aliphatic rings. The Morgan fingerprint density at radius 3 is 2.74 bits per heavy atom. The van der Waals surface area contributed by atoms with Crippen molar-refractivity contribution >= 4 is 23.5 Å². The molecule has 0 spiro atoms. The Balaban J connectivity index is 1.16. The van der Waals surface area contributed by atoms with Crippen molar-refractivity contribution < 1.29 is 19.5 Å². The number of hydrogen-bond acceptors (Lipinski definition) is 6. The maximum Gasteiger partial charge on any atom is 0.273 e. The van der Waals surface area contributed by atoms with Crippen LogP contribution >= 0.6 is 0 Å². The van der Waals surface area contributed by atoms with E-state index in [4.69, 9.17) is 4.84 Å². The van der Waals surface area contributed by atoms with E-state index in [9.17, 15) is 14.7 Å². The highest BCUT2D eigenvalue weighted by Crippen LogP contribution is 2.30. The highest BCUT2D eigenvalue weighted by atomic mass is 16.7. The van der Waals surface area contributed by atoms with Crippen molar-refractivity contribution in [3.8, 4) is 0 Å². The molecule has 2 heterocycles. The molecule has 0 bridgehead atoms. The summed E-state index contributed by atoms with van der Waals surface area (Å²) in [7, 11) is 0. The van der Waals surface area contributed by atoms with Crippen LogP contribution in [-0.4, -0.2) is 70.6 Å². The average molecular weight is 471 g/mol. The number of fused-ring (bicyclic) bond motifs is 2. The Labute approximate surface area is 202 Å². The Morgan fingerprint density at radius 1 is 1.09 bits per heavy atom. The smallest absolute Gasteiger partial charge is 0.273 e. The van der Waals surface area contributed by atoms with Crippen LogP contribution in [-0.2, 0) is 21.0 Å². The summed E-state index contributed by atoms with van der Waals surface area (Å²) in [6, 6.07) is 7.88. The van der Waals surface area contributed by atoms with Crippen molar-refractivity contribution in [1.82, 2.24) is 14.9 Å². The first kappa shape index (κ1) is 24.7. The minimum atomic E-state index is -0.116. The van der Waals surface area contributed by atoms with Crippen LogP contribution < -0.4 is 0 Å². The Bertz CT molecular complexity index is 868. The maximum absolute atomic E-state index is 12.6. The Morgan fingerprint density at radius 2 is 1.91 bits per heavy atom. The predicted octanol–water partition coefficient (Wildman–Crippen LogP) is 3.62. The number of guanidine groups is 1. The van der Waals surface area contributed by atoms with Gasteiger partial charge in [0.2, 0.25) is 11.9 Å². The van der Waals surface area contributed by atoms with Gasteiger partial charge >= 0.3 is 0 Å². The quantitative estimate of drug-likeness (QED) is 0.445. The summed E-state index contributed by atoms with van der Waals surface area (Å²) in [5.74, 6) is 1.40. The van der Waals surface area contributed by atoms with Crippen molar-refractivity contribution in [3.05, 3.63) is 29.8 Å². The molecule has 0 radical (unpaired) electrons. The number of nitrogens with zero attached hydrogens (tertiary/aromatic N) is 4. The monoisotopic (exact) mass is 470 g/mol. The largest absolute Gasteiger partial charge is 0.395 e. The van der Waals surface area contributed by atoms with Gasteiger partial charge in [0.1, 0.15) is 6.54 Å². The van der Waals surface area contributed by atoms with Gasteiger partial charge in [-0.05, 0) is 36.8 Å². The molecule has 2 fully saturated rings. The lowest BCUT2D eigenvalue weighted by molar-refractivity contribution is -0.158. The minimum Gasteiger partial charge on any atom is -0.395 e. The normalized spacial score (nSPS) is 17.7. The Kier molecular flexibility index (Phi) is 8.93. The molecule has 4 rings (SSSR count). The van der Waals surface area contributed by atoms with E-state index in [0.29, 0.717) is 44.9 Å². The molecule has 1 aromatic rings. The second-order valence-corrected chi connectivity index (χ2v) is 9.63. The number of rotatable bonds is 13. The van der Waals surface area contributed by atoms with Gasteiger partial charge in [0.05, 0.1) is 18.9 Å². The lowest BCUT2D eigenvalue weighted by atomic mass is 10.0. The molecule has 34 heavy (non-hydrogen) atoms. The van der Waals surface area contributed by atoms with Gasteiger partial charge in [-0.2, -0.15) is 5.06 Å². The Hall–Kier alpha value is -2.45. The lowest BCUT2D eigenvalue weighted by Crippen LogP contribution is -2.36. The molecule has 0 atom stereocenters. The third kappa shape index (κ3) is 6.36. The van der Waals surface area contributed by atoms with Crippen LogP contribution in [0.1, 0.15) is 69.8 Å². The molecule has 186 valence electrons. The van der Waals surface area contributed by atoms with Crippen LogP contribution in [0.15, 0.2) is 29.3 Å². The molecule has 1 aromatic carbocycles. The van der Waals surface area contributed by atoms with Gasteiger partial charge in [-0.3, -0.25) is 14.4 Å².